The molecule has 2 N–H and O–H groups in total. The van der Waals surface area contributed by atoms with Crippen molar-refractivity contribution in [2.75, 3.05) is 25.6 Å². The second-order valence-corrected chi connectivity index (χ2v) is 8.02. The molecule has 0 bridgehead atoms. The fraction of sp³-hybridized carbons (Fsp3) is 0.375. The predicted molar refractivity (Wildman–Crippen MR) is 125 cm³/mol. The highest BCUT2D eigenvalue weighted by atomic mass is 16.5. The highest BCUT2D eigenvalue weighted by molar-refractivity contribution is 5.89. The van der Waals surface area contributed by atoms with Gasteiger partial charge in [-0.2, -0.15) is 5.10 Å². The number of amides is 2. The number of carbonyl (C=O) groups is 2. The van der Waals surface area contributed by atoms with Crippen molar-refractivity contribution in [2.45, 2.75) is 33.2 Å². The van der Waals surface area contributed by atoms with Gasteiger partial charge in [0.1, 0.15) is 11.8 Å². The number of para-hydroxylation sites is 1. The lowest BCUT2D eigenvalue weighted by molar-refractivity contribution is -0.130. The zero-order valence-electron chi connectivity index (χ0n) is 18.9. The number of benzene rings is 2. The molecular formula is C24H32N4O3. The van der Waals surface area contributed by atoms with E-state index in [4.69, 9.17) is 4.74 Å². The molecule has 166 valence electrons. The largest absolute Gasteiger partial charge is 0.484 e. The van der Waals surface area contributed by atoms with Crippen LogP contribution in [0.1, 0.15) is 31.4 Å². The van der Waals surface area contributed by atoms with Gasteiger partial charge in [-0.15, -0.1) is 0 Å². The molecule has 2 aromatic rings. The van der Waals surface area contributed by atoms with Gasteiger partial charge in [0.2, 0.25) is 0 Å². The van der Waals surface area contributed by atoms with E-state index >= 15 is 0 Å². The van der Waals surface area contributed by atoms with Gasteiger partial charge in [0.15, 0.2) is 6.61 Å². The van der Waals surface area contributed by atoms with Crippen LogP contribution in [0.5, 0.6) is 5.75 Å². The fourth-order valence-electron chi connectivity index (χ4n) is 2.91. The van der Waals surface area contributed by atoms with Crippen LogP contribution in [0.25, 0.3) is 0 Å². The summed E-state index contributed by atoms with van der Waals surface area (Å²) in [7, 11) is 3.94. The van der Waals surface area contributed by atoms with E-state index in [0.29, 0.717) is 12.2 Å². The minimum absolute atomic E-state index is 0.159. The summed E-state index contributed by atoms with van der Waals surface area (Å²) in [6.07, 6.45) is 2.07. The molecule has 0 aromatic heterocycles. The van der Waals surface area contributed by atoms with E-state index in [1.165, 1.54) is 0 Å². The highest BCUT2D eigenvalue weighted by Crippen LogP contribution is 2.16. The third-order valence-corrected chi connectivity index (χ3v) is 4.61. The van der Waals surface area contributed by atoms with Gasteiger partial charge in [-0.05, 0) is 48.6 Å². The van der Waals surface area contributed by atoms with E-state index in [0.717, 1.165) is 16.8 Å². The molecule has 0 saturated heterocycles. The van der Waals surface area contributed by atoms with E-state index in [1.807, 2.05) is 82.2 Å². The molecule has 0 spiro atoms. The lowest BCUT2D eigenvalue weighted by Gasteiger charge is -2.19. The summed E-state index contributed by atoms with van der Waals surface area (Å²) in [6, 6.07) is 14.6. The van der Waals surface area contributed by atoms with Crippen LogP contribution in [-0.2, 0) is 9.59 Å². The molecule has 31 heavy (non-hydrogen) atoms. The van der Waals surface area contributed by atoms with Gasteiger partial charge < -0.3 is 15.0 Å². The quantitative estimate of drug-likeness (QED) is 0.453. The molecular weight excluding hydrogens is 392 g/mol. The summed E-state index contributed by atoms with van der Waals surface area (Å²) in [5.41, 5.74) is 5.41. The number of nitrogens with zero attached hydrogens (tertiary/aromatic N) is 2. The Hall–Kier alpha value is -3.35. The normalized spacial score (nSPS) is 11.9. The minimum atomic E-state index is -0.693. The van der Waals surface area contributed by atoms with Crippen molar-refractivity contribution < 1.29 is 14.3 Å². The monoisotopic (exact) mass is 424 g/mol. The number of rotatable bonds is 10. The van der Waals surface area contributed by atoms with E-state index in [9.17, 15) is 9.59 Å². The SMILES string of the molecule is Cc1ccccc1OCC(=O)N[C@@H](CC(C)C)C(=O)N/N=C\c1ccc(N(C)C)cc1. The van der Waals surface area contributed by atoms with Crippen LogP contribution < -0.4 is 20.4 Å². The van der Waals surface area contributed by atoms with Crippen LogP contribution in [0.4, 0.5) is 5.69 Å². The van der Waals surface area contributed by atoms with E-state index in [1.54, 1.807) is 12.3 Å². The number of anilines is 1. The lowest BCUT2D eigenvalue weighted by atomic mass is 10.0. The summed E-state index contributed by atoms with van der Waals surface area (Å²) in [5, 5.41) is 6.79. The second-order valence-electron chi connectivity index (χ2n) is 8.02. The molecule has 1 atom stereocenters. The van der Waals surface area contributed by atoms with Gasteiger partial charge in [-0.3, -0.25) is 9.59 Å². The molecule has 2 amide bonds. The number of hydrogen-bond donors (Lipinski definition) is 2. The average Bonchev–Trinajstić information content (AvgIpc) is 2.72. The first-order valence-corrected chi connectivity index (χ1v) is 10.3. The molecule has 2 aromatic carbocycles. The van der Waals surface area contributed by atoms with Crippen molar-refractivity contribution in [1.29, 1.82) is 0 Å². The molecule has 7 heteroatoms. The first-order chi connectivity index (χ1) is 14.8. The number of hydrogen-bond acceptors (Lipinski definition) is 5. The van der Waals surface area contributed by atoms with Crippen molar-refractivity contribution in [3.63, 3.8) is 0 Å². The molecule has 0 aliphatic rings. The summed E-state index contributed by atoms with van der Waals surface area (Å²) in [5.74, 6) is 0.148. The molecule has 0 aliphatic carbocycles. The Labute approximate surface area is 184 Å². The molecule has 0 aliphatic heterocycles. The minimum Gasteiger partial charge on any atom is -0.484 e. The third-order valence-electron chi connectivity index (χ3n) is 4.61. The number of aryl methyl sites for hydroxylation is 1. The number of hydrazone groups is 1. The van der Waals surface area contributed by atoms with Crippen LogP contribution in [0.15, 0.2) is 53.6 Å². The van der Waals surface area contributed by atoms with Crippen LogP contribution >= 0.6 is 0 Å². The van der Waals surface area contributed by atoms with Crippen molar-refractivity contribution in [3.05, 3.63) is 59.7 Å². The van der Waals surface area contributed by atoms with Gasteiger partial charge in [0, 0.05) is 19.8 Å². The summed E-state index contributed by atoms with van der Waals surface area (Å²) < 4.78 is 5.57. The summed E-state index contributed by atoms with van der Waals surface area (Å²) in [6.45, 7) is 5.74. The topological polar surface area (TPSA) is 83.0 Å². The van der Waals surface area contributed by atoms with Gasteiger partial charge in [0.05, 0.1) is 6.21 Å². The third kappa shape index (κ3) is 8.12. The Morgan fingerprint density at radius 1 is 1.10 bits per heavy atom. The van der Waals surface area contributed by atoms with Crippen molar-refractivity contribution in [3.8, 4) is 5.75 Å². The maximum Gasteiger partial charge on any atom is 0.262 e. The van der Waals surface area contributed by atoms with Crippen LogP contribution in [-0.4, -0.2) is 44.8 Å². The Kier molecular flexibility index (Phi) is 9.06. The zero-order valence-corrected chi connectivity index (χ0v) is 18.9. The van der Waals surface area contributed by atoms with Gasteiger partial charge >= 0.3 is 0 Å². The Bertz CT molecular complexity index is 892. The predicted octanol–water partition coefficient (Wildman–Crippen LogP) is 3.12. The van der Waals surface area contributed by atoms with Crippen LogP contribution in [0.2, 0.25) is 0 Å². The maximum absolute atomic E-state index is 12.6. The van der Waals surface area contributed by atoms with Gasteiger partial charge in [-0.1, -0.05) is 44.2 Å². The Balaban J connectivity index is 1.91. The molecule has 0 fully saturated rings. The molecule has 7 nitrogen and oxygen atoms in total. The average molecular weight is 425 g/mol. The van der Waals surface area contributed by atoms with Crippen LogP contribution in [0.3, 0.4) is 0 Å². The number of nitrogens with one attached hydrogen (secondary N) is 2. The molecule has 0 heterocycles. The summed E-state index contributed by atoms with van der Waals surface area (Å²) >= 11 is 0. The van der Waals surface area contributed by atoms with Gasteiger partial charge in [0.25, 0.3) is 11.8 Å². The Morgan fingerprint density at radius 2 is 1.77 bits per heavy atom. The zero-order chi connectivity index (χ0) is 22.8. The first kappa shape index (κ1) is 23.9. The van der Waals surface area contributed by atoms with Crippen LogP contribution in [0, 0.1) is 12.8 Å². The standard InChI is InChI=1S/C24H32N4O3/c1-17(2)14-21(26-23(29)16-31-22-9-7-6-8-18(22)3)24(30)27-25-15-19-10-12-20(13-11-19)28(4)5/h6-13,15,17,21H,14,16H2,1-5H3,(H,26,29)(H,27,30)/b25-15-/t21-/m0/s1. The second kappa shape index (κ2) is 11.7. The fourth-order valence-corrected chi connectivity index (χ4v) is 2.91. The highest BCUT2D eigenvalue weighted by Gasteiger charge is 2.22. The number of carbonyl (C=O) groups excluding carboxylic acids is 2. The molecule has 0 saturated carbocycles. The van der Waals surface area contributed by atoms with Crippen molar-refractivity contribution in [1.82, 2.24) is 10.7 Å². The molecule has 0 radical (unpaired) electrons. The first-order valence-electron chi connectivity index (χ1n) is 10.3. The molecule has 2 rings (SSSR count). The van der Waals surface area contributed by atoms with E-state index in [-0.39, 0.29) is 24.3 Å². The molecule has 0 unspecified atom stereocenters. The van der Waals surface area contributed by atoms with E-state index < -0.39 is 6.04 Å². The smallest absolute Gasteiger partial charge is 0.262 e. The van der Waals surface area contributed by atoms with Gasteiger partial charge in [-0.25, -0.2) is 5.43 Å². The van der Waals surface area contributed by atoms with Crippen molar-refractivity contribution >= 4 is 23.7 Å². The van der Waals surface area contributed by atoms with Crippen molar-refractivity contribution in [2.24, 2.45) is 11.0 Å². The van der Waals surface area contributed by atoms with E-state index in [2.05, 4.69) is 15.8 Å². The Morgan fingerprint density at radius 3 is 2.39 bits per heavy atom. The lowest BCUT2D eigenvalue weighted by Crippen LogP contribution is -2.47. The maximum atomic E-state index is 12.6. The number of ether oxygens (including phenoxy) is 1. The summed E-state index contributed by atoms with van der Waals surface area (Å²) in [4.78, 5) is 26.9.